The van der Waals surface area contributed by atoms with Gasteiger partial charge in [0.15, 0.2) is 0 Å². The monoisotopic (exact) mass is 619 g/mol. The van der Waals surface area contributed by atoms with E-state index in [0.717, 1.165) is 34.6 Å². The molecule has 42 heavy (non-hydrogen) atoms. The van der Waals surface area contributed by atoms with E-state index >= 15 is 0 Å². The number of ether oxygens (including phenoxy) is 2. The average Bonchev–Trinajstić information content (AvgIpc) is 2.89. The lowest BCUT2D eigenvalue weighted by Crippen LogP contribution is -2.58. The number of rotatable bonds is 6. The van der Waals surface area contributed by atoms with E-state index in [1.54, 1.807) is 0 Å². The van der Waals surface area contributed by atoms with Crippen LogP contribution in [0.25, 0.3) is 0 Å². The number of fused-ring (bicyclic) bond motifs is 1. The Labute approximate surface area is 238 Å². The van der Waals surface area contributed by atoms with Gasteiger partial charge in [-0.3, -0.25) is 19.8 Å². The molecule has 3 rings (SSSR count). The molecule has 1 heterocycles. The van der Waals surface area contributed by atoms with Gasteiger partial charge >= 0.3 is 18.3 Å². The number of hydrogen-bond donors (Lipinski definition) is 4. The minimum atomic E-state index is -4.86. The molecule has 0 aromatic heterocycles. The summed E-state index contributed by atoms with van der Waals surface area (Å²) in [7, 11) is -3.13. The summed E-state index contributed by atoms with van der Waals surface area (Å²) in [6.45, 7) is 3.74. The highest BCUT2D eigenvalue weighted by molar-refractivity contribution is 7.92. The predicted molar refractivity (Wildman–Crippen MR) is 142 cm³/mol. The van der Waals surface area contributed by atoms with Gasteiger partial charge in [-0.25, -0.2) is 27.8 Å². The van der Waals surface area contributed by atoms with Gasteiger partial charge in [-0.2, -0.15) is 13.2 Å². The summed E-state index contributed by atoms with van der Waals surface area (Å²) >= 11 is 0. The third-order valence-corrected chi connectivity index (χ3v) is 8.21. The van der Waals surface area contributed by atoms with E-state index in [-0.39, 0.29) is 22.0 Å². The number of halogens is 4. The van der Waals surface area contributed by atoms with Crippen molar-refractivity contribution in [1.82, 2.24) is 16.2 Å². The van der Waals surface area contributed by atoms with E-state index in [1.165, 1.54) is 33.0 Å². The first-order valence-corrected chi connectivity index (χ1v) is 13.7. The summed E-state index contributed by atoms with van der Waals surface area (Å²) in [6.07, 6.45) is -7.47. The molecule has 4 N–H and O–H groups in total. The Kier molecular flexibility index (Phi) is 8.86. The number of urea groups is 1. The highest BCUT2D eigenvalue weighted by Gasteiger charge is 2.51. The first kappa shape index (κ1) is 32.2. The normalized spacial score (nSPS) is 15.5. The van der Waals surface area contributed by atoms with Crippen LogP contribution in [0.15, 0.2) is 47.4 Å². The van der Waals surface area contributed by atoms with Gasteiger partial charge in [0.25, 0.3) is 10.0 Å². The minimum absolute atomic E-state index is 0.0633. The van der Waals surface area contributed by atoms with Crippen molar-refractivity contribution in [2.24, 2.45) is 5.41 Å². The highest BCUT2D eigenvalue weighted by atomic mass is 32.2. The molecule has 2 aromatic rings. The molecule has 1 aliphatic rings. The molecule has 0 spiro atoms. The fourth-order valence-corrected chi connectivity index (χ4v) is 5.05. The first-order valence-electron chi connectivity index (χ1n) is 12.2. The zero-order chi connectivity index (χ0) is 31.7. The van der Waals surface area contributed by atoms with Crippen molar-refractivity contribution in [2.45, 2.75) is 50.5 Å². The molecule has 17 heteroatoms. The fraction of sp³-hybridized carbons (Fsp3) is 0.400. The van der Waals surface area contributed by atoms with Gasteiger partial charge < -0.3 is 14.8 Å². The lowest BCUT2D eigenvalue weighted by Gasteiger charge is -2.41. The summed E-state index contributed by atoms with van der Waals surface area (Å²) in [6, 6.07) is 6.81. The smallest absolute Gasteiger partial charge is 0.427 e. The Bertz CT molecular complexity index is 1460. The number of sulfonamides is 1. The summed E-state index contributed by atoms with van der Waals surface area (Å²) in [4.78, 5) is 36.4. The zero-order valence-electron chi connectivity index (χ0n) is 23.1. The Morgan fingerprint density at radius 2 is 1.62 bits per heavy atom. The topological polar surface area (TPSA) is 155 Å². The largest absolute Gasteiger partial charge is 0.485 e. The van der Waals surface area contributed by atoms with E-state index in [0.29, 0.717) is 13.8 Å². The van der Waals surface area contributed by atoms with Gasteiger partial charge in [-0.15, -0.1) is 0 Å². The molecule has 0 bridgehead atoms. The minimum Gasteiger partial charge on any atom is -0.485 e. The van der Waals surface area contributed by atoms with Gasteiger partial charge in [0.05, 0.1) is 22.5 Å². The standard InChI is InChI=1S/C25H29F4N5O7S/c1-23(2,20(35)32-33-21(36)30-5)19-13-34(42(38,39)16-9-6-14(26)7-10-16)17-12-15(8-11-18(17)40-19)31-22(37)41-24(3,4)25(27,28)29/h6-12,19H,13H2,1-5H3,(H,31,37)(H,32,35)(H2,30,33,36). The molecule has 4 amide bonds. The third kappa shape index (κ3) is 6.78. The number of hydrogen-bond acceptors (Lipinski definition) is 7. The Morgan fingerprint density at radius 1 is 1.00 bits per heavy atom. The van der Waals surface area contributed by atoms with Crippen LogP contribution in [0.2, 0.25) is 0 Å². The van der Waals surface area contributed by atoms with Gasteiger partial charge in [-0.05, 0) is 70.2 Å². The Morgan fingerprint density at radius 3 is 2.19 bits per heavy atom. The number of nitrogens with zero attached hydrogens (tertiary/aromatic N) is 1. The fourth-order valence-electron chi connectivity index (χ4n) is 3.58. The number of hydrazine groups is 1. The van der Waals surface area contributed by atoms with Crippen molar-refractivity contribution < 1.29 is 49.8 Å². The summed E-state index contributed by atoms with van der Waals surface area (Å²) in [5.74, 6) is -1.49. The van der Waals surface area contributed by atoms with Crippen LogP contribution in [0.4, 0.5) is 38.5 Å². The highest BCUT2D eigenvalue weighted by Crippen LogP contribution is 2.42. The van der Waals surface area contributed by atoms with Crippen LogP contribution in [0.3, 0.4) is 0 Å². The number of alkyl halides is 3. The number of nitrogens with one attached hydrogen (secondary N) is 4. The lowest BCUT2D eigenvalue weighted by molar-refractivity contribution is -0.242. The average molecular weight is 620 g/mol. The second-order valence-electron chi connectivity index (χ2n) is 10.2. The maximum Gasteiger partial charge on any atom is 0.427 e. The van der Waals surface area contributed by atoms with E-state index in [2.05, 4.69) is 26.2 Å². The van der Waals surface area contributed by atoms with Crippen LogP contribution >= 0.6 is 0 Å². The maximum absolute atomic E-state index is 13.7. The molecule has 0 aliphatic carbocycles. The van der Waals surface area contributed by atoms with E-state index in [1.807, 2.05) is 0 Å². The third-order valence-electron chi connectivity index (χ3n) is 6.41. The molecule has 230 valence electrons. The van der Waals surface area contributed by atoms with Crippen molar-refractivity contribution in [1.29, 1.82) is 0 Å². The zero-order valence-corrected chi connectivity index (χ0v) is 23.9. The van der Waals surface area contributed by atoms with Crippen LogP contribution < -0.4 is 30.5 Å². The molecule has 1 atom stereocenters. The molecule has 0 fully saturated rings. The van der Waals surface area contributed by atoms with Crippen LogP contribution in [0.5, 0.6) is 5.75 Å². The number of benzene rings is 2. The van der Waals surface area contributed by atoms with Crippen LogP contribution in [-0.2, 0) is 19.6 Å². The Balaban J connectivity index is 2.00. The Hall–Kier alpha value is -4.28. The molecular formula is C25H29F4N5O7S. The van der Waals surface area contributed by atoms with Crippen molar-refractivity contribution in [3.63, 3.8) is 0 Å². The van der Waals surface area contributed by atoms with Crippen LogP contribution in [0.1, 0.15) is 27.7 Å². The molecule has 1 unspecified atom stereocenters. The van der Waals surface area contributed by atoms with E-state index < -0.39 is 63.7 Å². The second kappa shape index (κ2) is 11.5. The number of carbonyl (C=O) groups is 3. The molecule has 2 aromatic carbocycles. The van der Waals surface area contributed by atoms with Gasteiger partial charge in [-0.1, -0.05) is 0 Å². The molecule has 0 radical (unpaired) electrons. The molecule has 12 nitrogen and oxygen atoms in total. The quantitative estimate of drug-likeness (QED) is 0.284. The first-order chi connectivity index (χ1) is 19.3. The number of anilines is 2. The number of carbonyl (C=O) groups excluding carboxylic acids is 3. The molecule has 0 saturated heterocycles. The predicted octanol–water partition coefficient (Wildman–Crippen LogP) is 3.66. The van der Waals surface area contributed by atoms with Gasteiger partial charge in [0.2, 0.25) is 11.5 Å². The summed E-state index contributed by atoms with van der Waals surface area (Å²) in [5.41, 5.74) is -0.211. The van der Waals surface area contributed by atoms with Gasteiger partial charge in [0, 0.05) is 12.7 Å². The molecule has 0 saturated carbocycles. The van der Waals surface area contributed by atoms with Crippen molar-refractivity contribution in [3.05, 3.63) is 48.3 Å². The van der Waals surface area contributed by atoms with Crippen LogP contribution in [0, 0.1) is 11.2 Å². The van der Waals surface area contributed by atoms with Crippen molar-refractivity contribution in [3.8, 4) is 5.75 Å². The van der Waals surface area contributed by atoms with Crippen molar-refractivity contribution >= 4 is 39.4 Å². The van der Waals surface area contributed by atoms with Crippen molar-refractivity contribution in [2.75, 3.05) is 23.2 Å². The summed E-state index contributed by atoms with van der Waals surface area (Å²) in [5, 5.41) is 4.38. The molecular weight excluding hydrogens is 590 g/mol. The lowest BCUT2D eigenvalue weighted by atomic mass is 9.84. The summed E-state index contributed by atoms with van der Waals surface area (Å²) < 4.78 is 91.8. The van der Waals surface area contributed by atoms with E-state index in [9.17, 15) is 40.4 Å². The SMILES string of the molecule is CNC(=O)NNC(=O)C(C)(C)C1CN(S(=O)(=O)c2ccc(F)cc2)c2cc(NC(=O)OC(C)(C)C(F)(F)F)ccc2O1. The second-order valence-corrected chi connectivity index (χ2v) is 12.0. The maximum atomic E-state index is 13.7. The van der Waals surface area contributed by atoms with E-state index in [4.69, 9.17) is 4.74 Å². The molecule has 1 aliphatic heterocycles. The number of amides is 4. The van der Waals surface area contributed by atoms with Crippen LogP contribution in [-0.4, -0.2) is 57.9 Å². The van der Waals surface area contributed by atoms with Gasteiger partial charge in [0.1, 0.15) is 17.7 Å².